The van der Waals surface area contributed by atoms with Gasteiger partial charge in [-0.3, -0.25) is 4.98 Å². The van der Waals surface area contributed by atoms with Crippen LogP contribution in [0.15, 0.2) is 36.7 Å². The summed E-state index contributed by atoms with van der Waals surface area (Å²) >= 11 is 0. The van der Waals surface area contributed by atoms with E-state index in [0.717, 1.165) is 16.9 Å². The van der Waals surface area contributed by atoms with Crippen molar-refractivity contribution < 1.29 is 9.90 Å². The van der Waals surface area contributed by atoms with E-state index in [4.69, 9.17) is 5.11 Å². The molecule has 0 aliphatic heterocycles. The van der Waals surface area contributed by atoms with Gasteiger partial charge in [0.1, 0.15) is 5.56 Å². The van der Waals surface area contributed by atoms with E-state index >= 15 is 0 Å². The maximum absolute atomic E-state index is 11.2. The maximum Gasteiger partial charge on any atom is 0.339 e. The van der Waals surface area contributed by atoms with E-state index in [9.17, 15) is 4.79 Å². The highest BCUT2D eigenvalue weighted by Gasteiger charge is 2.10. The second-order valence-corrected chi connectivity index (χ2v) is 4.75. The summed E-state index contributed by atoms with van der Waals surface area (Å²) in [4.78, 5) is 17.0. The third kappa shape index (κ3) is 2.88. The van der Waals surface area contributed by atoms with E-state index in [2.05, 4.69) is 10.3 Å². The zero-order valence-corrected chi connectivity index (χ0v) is 11.7. The first-order valence-corrected chi connectivity index (χ1v) is 6.21. The predicted octanol–water partition coefficient (Wildman–Crippen LogP) is 2.90. The molecule has 5 nitrogen and oxygen atoms in total. The average molecular weight is 271 g/mol. The van der Waals surface area contributed by atoms with E-state index in [0.29, 0.717) is 5.69 Å². The van der Waals surface area contributed by atoms with E-state index in [1.54, 1.807) is 12.3 Å². The molecule has 0 aliphatic carbocycles. The van der Waals surface area contributed by atoms with Gasteiger partial charge in [0, 0.05) is 37.9 Å². The Kier molecular flexibility index (Phi) is 3.89. The summed E-state index contributed by atoms with van der Waals surface area (Å²) in [6, 6.07) is 7.56. The number of aryl methyl sites for hydroxylation is 1. The van der Waals surface area contributed by atoms with Crippen LogP contribution in [-0.4, -0.2) is 30.2 Å². The molecule has 2 N–H and O–H groups in total. The molecule has 0 fully saturated rings. The van der Waals surface area contributed by atoms with Gasteiger partial charge >= 0.3 is 5.97 Å². The highest BCUT2D eigenvalue weighted by Crippen LogP contribution is 2.26. The van der Waals surface area contributed by atoms with E-state index in [-0.39, 0.29) is 5.56 Å². The van der Waals surface area contributed by atoms with Crippen molar-refractivity contribution in [3.63, 3.8) is 0 Å². The summed E-state index contributed by atoms with van der Waals surface area (Å²) in [5.41, 5.74) is 3.77. The van der Waals surface area contributed by atoms with Gasteiger partial charge < -0.3 is 15.3 Å². The third-order valence-corrected chi connectivity index (χ3v) is 3.02. The third-order valence-electron chi connectivity index (χ3n) is 3.02. The van der Waals surface area contributed by atoms with Crippen molar-refractivity contribution in [3.05, 3.63) is 47.8 Å². The second kappa shape index (κ2) is 5.61. The lowest BCUT2D eigenvalue weighted by Gasteiger charge is -2.18. The fraction of sp³-hybridized carbons (Fsp3) is 0.200. The van der Waals surface area contributed by atoms with Crippen molar-refractivity contribution in [3.8, 4) is 0 Å². The first-order chi connectivity index (χ1) is 9.49. The number of nitrogens with zero attached hydrogens (tertiary/aromatic N) is 2. The fourth-order valence-electron chi connectivity index (χ4n) is 2.00. The van der Waals surface area contributed by atoms with Gasteiger partial charge in [-0.1, -0.05) is 6.07 Å². The number of carboxylic acid groups (broad SMARTS) is 1. The molecule has 0 aliphatic rings. The number of carbonyl (C=O) groups is 1. The molecule has 20 heavy (non-hydrogen) atoms. The molecule has 1 heterocycles. The molecule has 2 rings (SSSR count). The Hall–Kier alpha value is -2.56. The Morgan fingerprint density at radius 2 is 2.05 bits per heavy atom. The summed E-state index contributed by atoms with van der Waals surface area (Å²) in [5, 5.41) is 12.3. The molecule has 1 aromatic heterocycles. The molecule has 0 spiro atoms. The number of aromatic nitrogens is 1. The lowest BCUT2D eigenvalue weighted by Crippen LogP contribution is -2.10. The lowest BCUT2D eigenvalue weighted by molar-refractivity contribution is 0.0697. The van der Waals surface area contributed by atoms with E-state index < -0.39 is 5.97 Å². The first kappa shape index (κ1) is 13.9. The van der Waals surface area contributed by atoms with Gasteiger partial charge in [-0.15, -0.1) is 0 Å². The van der Waals surface area contributed by atoms with Crippen LogP contribution in [0.4, 0.5) is 17.1 Å². The van der Waals surface area contributed by atoms with Gasteiger partial charge in [0.05, 0.1) is 5.69 Å². The Bertz CT molecular complexity index is 639. The van der Waals surface area contributed by atoms with Crippen LogP contribution in [0.5, 0.6) is 0 Å². The number of carboxylic acids is 1. The summed E-state index contributed by atoms with van der Waals surface area (Å²) in [6.45, 7) is 2.04. The van der Waals surface area contributed by atoms with Crippen LogP contribution < -0.4 is 10.2 Å². The Morgan fingerprint density at radius 1 is 1.30 bits per heavy atom. The van der Waals surface area contributed by atoms with Crippen molar-refractivity contribution in [1.82, 2.24) is 4.98 Å². The van der Waals surface area contributed by atoms with Crippen LogP contribution in [0.3, 0.4) is 0 Å². The van der Waals surface area contributed by atoms with Crippen molar-refractivity contribution >= 4 is 23.0 Å². The normalized spacial score (nSPS) is 10.2. The van der Waals surface area contributed by atoms with E-state index in [1.165, 1.54) is 6.20 Å². The van der Waals surface area contributed by atoms with Gasteiger partial charge in [0.2, 0.25) is 0 Å². The smallest absolute Gasteiger partial charge is 0.339 e. The van der Waals surface area contributed by atoms with Crippen LogP contribution in [0.1, 0.15) is 15.9 Å². The van der Waals surface area contributed by atoms with Crippen molar-refractivity contribution in [2.24, 2.45) is 0 Å². The predicted molar refractivity (Wildman–Crippen MR) is 80.0 cm³/mol. The number of aromatic carboxylic acids is 1. The molecule has 104 valence electrons. The second-order valence-electron chi connectivity index (χ2n) is 4.75. The molecule has 0 bridgehead atoms. The summed E-state index contributed by atoms with van der Waals surface area (Å²) in [5.74, 6) is -0.999. The number of benzene rings is 1. The van der Waals surface area contributed by atoms with Crippen molar-refractivity contribution in [1.29, 1.82) is 0 Å². The molecule has 0 atom stereocenters. The SMILES string of the molecule is Cc1ccc(Nc2ccncc2C(=O)O)cc1N(C)C. The molecule has 2 aromatic rings. The minimum absolute atomic E-state index is 0.152. The Balaban J connectivity index is 2.36. The highest BCUT2D eigenvalue weighted by molar-refractivity contribution is 5.94. The lowest BCUT2D eigenvalue weighted by atomic mass is 10.1. The molecular formula is C15H17N3O2. The minimum Gasteiger partial charge on any atom is -0.478 e. The number of anilines is 3. The van der Waals surface area contributed by atoms with Crippen LogP contribution >= 0.6 is 0 Å². The summed E-state index contributed by atoms with van der Waals surface area (Å²) in [7, 11) is 3.95. The van der Waals surface area contributed by atoms with Gasteiger partial charge in [-0.2, -0.15) is 0 Å². The van der Waals surface area contributed by atoms with Gasteiger partial charge in [-0.25, -0.2) is 4.79 Å². The fourth-order valence-corrected chi connectivity index (χ4v) is 2.00. The van der Waals surface area contributed by atoms with Crippen LogP contribution in [0.2, 0.25) is 0 Å². The highest BCUT2D eigenvalue weighted by atomic mass is 16.4. The molecule has 0 saturated carbocycles. The number of pyridine rings is 1. The van der Waals surface area contributed by atoms with Crippen molar-refractivity contribution in [2.45, 2.75) is 6.92 Å². The number of rotatable bonds is 4. The standard InChI is InChI=1S/C15H17N3O2/c1-10-4-5-11(8-14(10)18(2)3)17-13-6-7-16-9-12(13)15(19)20/h4-9H,1-3H3,(H,16,17)(H,19,20). The monoisotopic (exact) mass is 271 g/mol. The molecule has 0 amide bonds. The first-order valence-electron chi connectivity index (χ1n) is 6.21. The molecule has 0 radical (unpaired) electrons. The number of hydrogen-bond acceptors (Lipinski definition) is 4. The molecule has 0 saturated heterocycles. The maximum atomic E-state index is 11.2. The van der Waals surface area contributed by atoms with Crippen molar-refractivity contribution in [2.75, 3.05) is 24.3 Å². The molecular weight excluding hydrogens is 254 g/mol. The topological polar surface area (TPSA) is 65.5 Å². The summed E-state index contributed by atoms with van der Waals surface area (Å²) < 4.78 is 0. The van der Waals surface area contributed by atoms with Gasteiger partial charge in [0.15, 0.2) is 0 Å². The number of nitrogens with one attached hydrogen (secondary N) is 1. The zero-order chi connectivity index (χ0) is 14.7. The molecule has 0 unspecified atom stereocenters. The van der Waals surface area contributed by atoms with Crippen LogP contribution in [0, 0.1) is 6.92 Å². The van der Waals surface area contributed by atoms with Gasteiger partial charge in [-0.05, 0) is 30.7 Å². The van der Waals surface area contributed by atoms with E-state index in [1.807, 2.05) is 44.1 Å². The number of hydrogen-bond donors (Lipinski definition) is 2. The zero-order valence-electron chi connectivity index (χ0n) is 11.7. The van der Waals surface area contributed by atoms with Crippen LogP contribution in [0.25, 0.3) is 0 Å². The van der Waals surface area contributed by atoms with Crippen LogP contribution in [-0.2, 0) is 0 Å². The van der Waals surface area contributed by atoms with Gasteiger partial charge in [0.25, 0.3) is 0 Å². The average Bonchev–Trinajstić information content (AvgIpc) is 2.41. The Labute approximate surface area is 117 Å². The quantitative estimate of drug-likeness (QED) is 0.895. The minimum atomic E-state index is -0.999. The molecule has 1 aromatic carbocycles. The molecule has 5 heteroatoms. The summed E-state index contributed by atoms with van der Waals surface area (Å²) in [6.07, 6.45) is 2.90. The largest absolute Gasteiger partial charge is 0.478 e. The Morgan fingerprint density at radius 3 is 2.70 bits per heavy atom.